The molecule has 2 aliphatic rings. The van der Waals surface area contributed by atoms with Crippen LogP contribution in [-0.4, -0.2) is 30.2 Å². The zero-order valence-corrected chi connectivity index (χ0v) is 8.16. The second-order valence-corrected chi connectivity index (χ2v) is 4.33. The molecular weight excluding hydrogens is 168 g/mol. The Balaban J connectivity index is 1.92. The maximum absolute atomic E-state index is 8.93. The van der Waals surface area contributed by atoms with Crippen molar-refractivity contribution >= 4 is 0 Å². The molecule has 13 heavy (non-hydrogen) atoms. The van der Waals surface area contributed by atoms with Gasteiger partial charge in [-0.05, 0) is 18.8 Å². The molecule has 0 aromatic carbocycles. The highest BCUT2D eigenvalue weighted by atomic mass is 16.7. The Labute approximate surface area is 79.0 Å². The van der Waals surface area contributed by atoms with Crippen LogP contribution in [0.1, 0.15) is 32.6 Å². The molecule has 1 spiro atoms. The van der Waals surface area contributed by atoms with Crippen molar-refractivity contribution < 1.29 is 14.6 Å². The van der Waals surface area contributed by atoms with Crippen LogP contribution in [-0.2, 0) is 9.47 Å². The Kier molecular flexibility index (Phi) is 2.58. The second-order valence-electron chi connectivity index (χ2n) is 4.33. The number of aliphatic hydroxyl groups excluding tert-OH is 1. The fraction of sp³-hybridized carbons (Fsp3) is 1.00. The van der Waals surface area contributed by atoms with E-state index in [0.717, 1.165) is 18.8 Å². The smallest absolute Gasteiger partial charge is 0.169 e. The number of hydrogen-bond donors (Lipinski definition) is 1. The molecule has 1 heterocycles. The summed E-state index contributed by atoms with van der Waals surface area (Å²) in [6, 6.07) is 0. The quantitative estimate of drug-likeness (QED) is 0.671. The van der Waals surface area contributed by atoms with Gasteiger partial charge in [0.2, 0.25) is 0 Å². The molecule has 1 unspecified atom stereocenters. The van der Waals surface area contributed by atoms with Crippen LogP contribution in [0.15, 0.2) is 0 Å². The highest BCUT2D eigenvalue weighted by Gasteiger charge is 2.43. The summed E-state index contributed by atoms with van der Waals surface area (Å²) in [6.07, 6.45) is 4.25. The van der Waals surface area contributed by atoms with Crippen LogP contribution in [0.5, 0.6) is 0 Å². The van der Waals surface area contributed by atoms with E-state index in [-0.39, 0.29) is 18.5 Å². The van der Waals surface area contributed by atoms with E-state index in [1.807, 2.05) is 0 Å². The maximum Gasteiger partial charge on any atom is 0.169 e. The van der Waals surface area contributed by atoms with E-state index in [2.05, 4.69) is 6.92 Å². The number of ether oxygens (including phenoxy) is 2. The molecule has 1 atom stereocenters. The van der Waals surface area contributed by atoms with Gasteiger partial charge in [-0.25, -0.2) is 0 Å². The molecule has 0 aromatic heterocycles. The van der Waals surface area contributed by atoms with Crippen molar-refractivity contribution in [2.45, 2.75) is 44.5 Å². The van der Waals surface area contributed by atoms with E-state index in [1.165, 1.54) is 12.8 Å². The SMILES string of the molecule is CC1CCC2(CC1)OCC(CO)O2. The van der Waals surface area contributed by atoms with Crippen molar-refractivity contribution in [1.29, 1.82) is 0 Å². The Morgan fingerprint density at radius 2 is 2.08 bits per heavy atom. The van der Waals surface area contributed by atoms with Crippen molar-refractivity contribution in [3.63, 3.8) is 0 Å². The first-order valence-corrected chi connectivity index (χ1v) is 5.17. The van der Waals surface area contributed by atoms with Crippen molar-refractivity contribution in [3.05, 3.63) is 0 Å². The molecule has 76 valence electrons. The van der Waals surface area contributed by atoms with Crippen LogP contribution >= 0.6 is 0 Å². The lowest BCUT2D eigenvalue weighted by Gasteiger charge is -2.34. The molecule has 1 aliphatic heterocycles. The predicted molar refractivity (Wildman–Crippen MR) is 48.3 cm³/mol. The Morgan fingerprint density at radius 3 is 2.62 bits per heavy atom. The van der Waals surface area contributed by atoms with Crippen LogP contribution in [0, 0.1) is 5.92 Å². The zero-order valence-electron chi connectivity index (χ0n) is 8.16. The largest absolute Gasteiger partial charge is 0.394 e. The lowest BCUT2D eigenvalue weighted by atomic mass is 9.86. The number of aliphatic hydroxyl groups is 1. The standard InChI is InChI=1S/C10H18O3/c1-8-2-4-10(5-3-8)12-7-9(6-11)13-10/h8-9,11H,2-7H2,1H3. The van der Waals surface area contributed by atoms with Gasteiger partial charge in [0.25, 0.3) is 0 Å². The zero-order chi connectivity index (χ0) is 9.31. The lowest BCUT2D eigenvalue weighted by Crippen LogP contribution is -2.35. The fourth-order valence-electron chi connectivity index (χ4n) is 2.17. The summed E-state index contributed by atoms with van der Waals surface area (Å²) in [5.74, 6) is 0.464. The minimum atomic E-state index is -0.333. The first kappa shape index (κ1) is 9.44. The molecule has 0 bridgehead atoms. The summed E-state index contributed by atoms with van der Waals surface area (Å²) >= 11 is 0. The van der Waals surface area contributed by atoms with Gasteiger partial charge in [-0.3, -0.25) is 0 Å². The molecule has 2 fully saturated rings. The van der Waals surface area contributed by atoms with Gasteiger partial charge in [0.15, 0.2) is 5.79 Å². The number of hydrogen-bond acceptors (Lipinski definition) is 3. The van der Waals surface area contributed by atoms with Gasteiger partial charge in [-0.15, -0.1) is 0 Å². The van der Waals surface area contributed by atoms with Crippen molar-refractivity contribution in [2.75, 3.05) is 13.2 Å². The summed E-state index contributed by atoms with van der Waals surface area (Å²) in [5.41, 5.74) is 0. The van der Waals surface area contributed by atoms with Gasteiger partial charge >= 0.3 is 0 Å². The van der Waals surface area contributed by atoms with Gasteiger partial charge in [-0.2, -0.15) is 0 Å². The van der Waals surface area contributed by atoms with Crippen LogP contribution in [0.3, 0.4) is 0 Å². The third-order valence-electron chi connectivity index (χ3n) is 3.15. The summed E-state index contributed by atoms with van der Waals surface area (Å²) < 4.78 is 11.4. The van der Waals surface area contributed by atoms with Crippen molar-refractivity contribution in [2.24, 2.45) is 5.92 Å². The monoisotopic (exact) mass is 186 g/mol. The first-order chi connectivity index (χ1) is 6.24. The Bertz CT molecular complexity index is 173. The van der Waals surface area contributed by atoms with E-state index in [1.54, 1.807) is 0 Å². The summed E-state index contributed by atoms with van der Waals surface area (Å²) in [4.78, 5) is 0. The molecule has 0 radical (unpaired) electrons. The lowest BCUT2D eigenvalue weighted by molar-refractivity contribution is -0.194. The molecule has 0 aromatic rings. The van der Waals surface area contributed by atoms with E-state index in [0.29, 0.717) is 6.61 Å². The predicted octanol–water partition coefficient (Wildman–Crippen LogP) is 1.30. The minimum Gasteiger partial charge on any atom is -0.394 e. The first-order valence-electron chi connectivity index (χ1n) is 5.17. The van der Waals surface area contributed by atoms with Crippen LogP contribution in [0.4, 0.5) is 0 Å². The summed E-state index contributed by atoms with van der Waals surface area (Å²) in [6.45, 7) is 2.91. The van der Waals surface area contributed by atoms with Crippen LogP contribution in [0.25, 0.3) is 0 Å². The Morgan fingerprint density at radius 1 is 1.38 bits per heavy atom. The topological polar surface area (TPSA) is 38.7 Å². The third kappa shape index (κ3) is 1.87. The highest BCUT2D eigenvalue weighted by molar-refractivity contribution is 4.83. The van der Waals surface area contributed by atoms with Gasteiger partial charge in [0, 0.05) is 12.8 Å². The molecule has 1 N–H and O–H groups in total. The van der Waals surface area contributed by atoms with Crippen LogP contribution in [0.2, 0.25) is 0 Å². The molecule has 3 heteroatoms. The molecule has 1 aliphatic carbocycles. The Hall–Kier alpha value is -0.120. The molecule has 3 nitrogen and oxygen atoms in total. The summed E-state index contributed by atoms with van der Waals surface area (Å²) in [7, 11) is 0. The normalized spacial score (nSPS) is 45.7. The average Bonchev–Trinajstić information content (AvgIpc) is 2.55. The molecule has 1 saturated heterocycles. The van der Waals surface area contributed by atoms with E-state index >= 15 is 0 Å². The molecule has 1 saturated carbocycles. The minimum absolute atomic E-state index is 0.0807. The van der Waals surface area contributed by atoms with E-state index in [9.17, 15) is 0 Å². The fourth-order valence-corrected chi connectivity index (χ4v) is 2.17. The van der Waals surface area contributed by atoms with Crippen LogP contribution < -0.4 is 0 Å². The maximum atomic E-state index is 8.93. The molecule has 2 rings (SSSR count). The van der Waals surface area contributed by atoms with Crippen molar-refractivity contribution in [3.8, 4) is 0 Å². The number of rotatable bonds is 1. The van der Waals surface area contributed by atoms with Gasteiger partial charge < -0.3 is 14.6 Å². The van der Waals surface area contributed by atoms with Gasteiger partial charge in [0.1, 0.15) is 6.10 Å². The van der Waals surface area contributed by atoms with E-state index < -0.39 is 0 Å². The van der Waals surface area contributed by atoms with Gasteiger partial charge in [-0.1, -0.05) is 6.92 Å². The molecule has 0 amide bonds. The highest BCUT2D eigenvalue weighted by Crippen LogP contribution is 2.39. The second kappa shape index (κ2) is 3.56. The third-order valence-corrected chi connectivity index (χ3v) is 3.15. The van der Waals surface area contributed by atoms with Crippen molar-refractivity contribution in [1.82, 2.24) is 0 Å². The average molecular weight is 186 g/mol. The summed E-state index contributed by atoms with van der Waals surface area (Å²) in [5, 5.41) is 8.93. The molecular formula is C10H18O3. The van der Waals surface area contributed by atoms with E-state index in [4.69, 9.17) is 14.6 Å². The van der Waals surface area contributed by atoms with Gasteiger partial charge in [0.05, 0.1) is 13.2 Å².